The molecule has 0 aliphatic carbocycles. The number of thiazole rings is 2. The van der Waals surface area contributed by atoms with E-state index < -0.39 is 22.0 Å². The van der Waals surface area contributed by atoms with Crippen molar-refractivity contribution in [3.05, 3.63) is 124 Å². The second-order valence-corrected chi connectivity index (χ2v) is 26.8. The lowest BCUT2D eigenvalue weighted by molar-refractivity contribution is -0.140. The first-order valence-corrected chi connectivity index (χ1v) is 34.3. The number of nitrogens with one attached hydrogen (secondary N) is 5. The van der Waals surface area contributed by atoms with Crippen LogP contribution in [0.3, 0.4) is 0 Å². The minimum absolute atomic E-state index is 0.00907. The van der Waals surface area contributed by atoms with E-state index in [2.05, 4.69) is 129 Å². The van der Waals surface area contributed by atoms with Gasteiger partial charge in [0.2, 0.25) is 43.8 Å². The Morgan fingerprint density at radius 2 is 1.10 bits per heavy atom. The predicted octanol–water partition coefficient (Wildman–Crippen LogP) is 13.0. The predicted molar refractivity (Wildman–Crippen MR) is 385 cm³/mol. The molecule has 33 heteroatoms. The molecule has 0 fully saturated rings. The number of aromatic nitrogens is 10. The molecule has 6 N–H and O–H groups in total. The molecule has 0 spiro atoms. The van der Waals surface area contributed by atoms with Gasteiger partial charge in [0, 0.05) is 93.3 Å². The molecule has 6 heterocycles. The Kier molecular flexibility index (Phi) is 24.4. The number of benzene rings is 4. The van der Waals surface area contributed by atoms with E-state index >= 15 is 0 Å². The number of carboxylic acid groups (broad SMARTS) is 1. The van der Waals surface area contributed by atoms with Crippen LogP contribution < -0.4 is 31.5 Å². The third-order valence-electron chi connectivity index (χ3n) is 15.4. The summed E-state index contributed by atoms with van der Waals surface area (Å²) in [5.74, 6) is 1.46. The number of anilines is 8. The average Bonchev–Trinajstić information content (AvgIpc) is 1.85. The fourth-order valence-electron chi connectivity index (χ4n) is 10.5. The summed E-state index contributed by atoms with van der Waals surface area (Å²) < 4.78 is 47.3. The molecule has 1 unspecified atom stereocenters. The number of fused-ring (bicyclic) bond motifs is 2. The van der Waals surface area contributed by atoms with Gasteiger partial charge in [0.15, 0.2) is 34.6 Å². The molecule has 0 amide bonds. The summed E-state index contributed by atoms with van der Waals surface area (Å²) in [5.41, 5.74) is 10.8. The number of nitrogens with zero attached hydrogens (tertiary/aromatic N) is 18. The summed E-state index contributed by atoms with van der Waals surface area (Å²) >= 11 is 2.69. The van der Waals surface area contributed by atoms with Crippen LogP contribution in [0.4, 0.5) is 69.6 Å². The summed E-state index contributed by atoms with van der Waals surface area (Å²) in [6, 6.07) is 23.6. The molecule has 516 valence electrons. The highest BCUT2D eigenvalue weighted by atomic mass is 32.2. The van der Waals surface area contributed by atoms with Gasteiger partial charge in [0.05, 0.1) is 37.7 Å². The SMILES string of the molecule is CNc1nc(Nc2c(C)cc(C)cc2C)nc(NCCCOC)c1N=Nc1nn(-c2nc3cc(S(=O)(=O)N(C)C(C)C(=O)O)ccc3s2)cc1C#N.COCCCNc1nc(N(C)c2c(C)cc(C)cc2C)nc(NCCCOC)c1N=Nc1nn(-c2nc3ccccc3s2)cc1C#N. The van der Waals surface area contributed by atoms with E-state index in [4.69, 9.17) is 29.2 Å². The van der Waals surface area contributed by atoms with Crippen molar-refractivity contribution in [1.82, 2.24) is 53.8 Å². The fourth-order valence-corrected chi connectivity index (χ4v) is 13.6. The molecule has 0 aliphatic heterocycles. The number of para-hydroxylation sites is 1. The van der Waals surface area contributed by atoms with Crippen LogP contribution in [0.25, 0.3) is 30.7 Å². The van der Waals surface area contributed by atoms with Gasteiger partial charge >= 0.3 is 5.97 Å². The lowest BCUT2D eigenvalue weighted by Gasteiger charge is -2.24. The van der Waals surface area contributed by atoms with Crippen LogP contribution in [0.2, 0.25) is 0 Å². The standard InChI is InChI=1S/C33H38N12O5S2.C33H39N11O2S/c1-18-13-19(2)26(20(3)14-18)38-32-39-29(35-5)27(30(40-32)36-11-8-12-50-7)41-42-28-22(16-34)17-45(43-28)33-37-24-15-23(9-10-25(24)51-33)52(48,49)44(6)21(4)31(46)47;1-21-17-22(2)28(23(3)18-21)43(4)32-38-30(35-13-9-15-45-5)27(31(39-32)36-14-10-16-46-6)40-41-29-24(19-34)20-44(42-29)33-37-25-11-7-8-12-26(25)47-33/h9-10,13-15,17,21H,8,11-12H2,1-7H3,(H,46,47)(H3,35,36,38,39,40);7-8,11-12,17-18,20H,9-10,13-16H2,1-6H3,(H2,35,36,38,39). The normalized spacial score (nSPS) is 11.9. The van der Waals surface area contributed by atoms with E-state index in [1.807, 2.05) is 57.0 Å². The van der Waals surface area contributed by atoms with E-state index in [-0.39, 0.29) is 33.3 Å². The van der Waals surface area contributed by atoms with Gasteiger partial charge in [0.25, 0.3) is 0 Å². The number of methoxy groups -OCH3 is 3. The van der Waals surface area contributed by atoms with Crippen molar-refractivity contribution in [2.24, 2.45) is 20.5 Å². The molecule has 10 aromatic rings. The molecule has 0 aliphatic rings. The highest BCUT2D eigenvalue weighted by molar-refractivity contribution is 7.89. The number of azo groups is 2. The third kappa shape index (κ3) is 17.4. The molecule has 0 saturated carbocycles. The fraction of sp³-hybridized carbons (Fsp3) is 0.348. The van der Waals surface area contributed by atoms with Gasteiger partial charge < -0.3 is 50.8 Å². The highest BCUT2D eigenvalue weighted by Crippen LogP contribution is 2.40. The van der Waals surface area contributed by atoms with Crippen LogP contribution in [0, 0.1) is 64.2 Å². The zero-order valence-electron chi connectivity index (χ0n) is 57.1. The number of hydrogen-bond donors (Lipinski definition) is 6. The quantitative estimate of drug-likeness (QED) is 0.0180. The van der Waals surface area contributed by atoms with Gasteiger partial charge in [-0.2, -0.15) is 34.8 Å². The van der Waals surface area contributed by atoms with Crippen molar-refractivity contribution in [3.63, 3.8) is 0 Å². The number of aliphatic carboxylic acids is 1. The molecule has 4 aromatic carbocycles. The minimum atomic E-state index is -4.12. The topological polar surface area (TPSA) is 376 Å². The van der Waals surface area contributed by atoms with E-state index in [9.17, 15) is 28.8 Å². The molecule has 0 bridgehead atoms. The maximum Gasteiger partial charge on any atom is 0.321 e. The number of sulfonamides is 1. The Hall–Kier alpha value is -10.5. The molecule has 0 radical (unpaired) electrons. The van der Waals surface area contributed by atoms with Crippen LogP contribution in [0.1, 0.15) is 70.7 Å². The minimum Gasteiger partial charge on any atom is -0.480 e. The Morgan fingerprint density at radius 3 is 1.59 bits per heavy atom. The van der Waals surface area contributed by atoms with Gasteiger partial charge in [-0.25, -0.2) is 27.7 Å². The number of carboxylic acids is 1. The zero-order chi connectivity index (χ0) is 71.1. The van der Waals surface area contributed by atoms with E-state index in [1.165, 1.54) is 65.2 Å². The zero-order valence-corrected chi connectivity index (χ0v) is 59.6. The van der Waals surface area contributed by atoms with Crippen LogP contribution in [-0.4, -0.2) is 161 Å². The lowest BCUT2D eigenvalue weighted by atomic mass is 10.0. The number of ether oxygens (including phenoxy) is 3. The monoisotopic (exact) mass is 1400 g/mol. The summed E-state index contributed by atoms with van der Waals surface area (Å²) in [6.45, 7) is 17.0. The number of hydrogen-bond acceptors (Lipinski definition) is 28. The third-order valence-corrected chi connectivity index (χ3v) is 19.3. The van der Waals surface area contributed by atoms with E-state index in [1.54, 1.807) is 45.3 Å². The molecule has 1 atom stereocenters. The summed E-state index contributed by atoms with van der Waals surface area (Å²) in [7, 11) is 5.72. The average molecular weight is 1400 g/mol. The van der Waals surface area contributed by atoms with Crippen molar-refractivity contribution in [3.8, 4) is 22.4 Å². The van der Waals surface area contributed by atoms with Crippen molar-refractivity contribution in [2.75, 3.05) is 113 Å². The molecular weight excluding hydrogens is 1320 g/mol. The Bertz CT molecular complexity index is 4710. The van der Waals surface area contributed by atoms with Crippen LogP contribution in [0.5, 0.6) is 0 Å². The smallest absolute Gasteiger partial charge is 0.321 e. The number of nitriles is 2. The maximum atomic E-state index is 13.1. The molecule has 0 saturated heterocycles. The first-order valence-electron chi connectivity index (χ1n) is 31.3. The van der Waals surface area contributed by atoms with Crippen LogP contribution in [-0.2, 0) is 29.0 Å². The van der Waals surface area contributed by atoms with Gasteiger partial charge in [-0.05, 0) is 120 Å². The summed E-state index contributed by atoms with van der Waals surface area (Å²) in [4.78, 5) is 41.7. The second-order valence-electron chi connectivity index (χ2n) is 22.8. The van der Waals surface area contributed by atoms with E-state index in [0.717, 1.165) is 66.6 Å². The first kappa shape index (κ1) is 72.7. The van der Waals surface area contributed by atoms with Crippen molar-refractivity contribution in [2.45, 2.75) is 78.7 Å². The van der Waals surface area contributed by atoms with Gasteiger partial charge in [-0.1, -0.05) is 70.2 Å². The van der Waals surface area contributed by atoms with Gasteiger partial charge in [-0.3, -0.25) is 4.79 Å². The van der Waals surface area contributed by atoms with Gasteiger partial charge in [-0.15, -0.1) is 30.7 Å². The van der Waals surface area contributed by atoms with Crippen molar-refractivity contribution >= 4 is 129 Å². The van der Waals surface area contributed by atoms with Crippen molar-refractivity contribution < 1.29 is 32.5 Å². The number of aryl methyl sites for hydroxylation is 6. The molecule has 6 aromatic heterocycles. The van der Waals surface area contributed by atoms with Crippen molar-refractivity contribution in [1.29, 1.82) is 10.5 Å². The van der Waals surface area contributed by atoms with Crippen LogP contribution in [0.15, 0.2) is 104 Å². The largest absolute Gasteiger partial charge is 0.480 e. The molecule has 99 heavy (non-hydrogen) atoms. The Morgan fingerprint density at radius 1 is 0.636 bits per heavy atom. The highest BCUT2D eigenvalue weighted by Gasteiger charge is 2.30. The number of likely N-dealkylation sites (N-methyl/N-ethyl adjacent to an activating group) is 1. The summed E-state index contributed by atoms with van der Waals surface area (Å²) in [6.07, 6.45) is 5.26. The number of rotatable bonds is 30. The first-order chi connectivity index (χ1) is 47.6. The van der Waals surface area contributed by atoms with Gasteiger partial charge in [0.1, 0.15) is 29.3 Å². The lowest BCUT2D eigenvalue weighted by Crippen LogP contribution is -2.40. The van der Waals surface area contributed by atoms with E-state index in [0.29, 0.717) is 107 Å². The second kappa shape index (κ2) is 33.2. The molecule has 10 rings (SSSR count). The Balaban J connectivity index is 0.000000232. The molecule has 30 nitrogen and oxygen atoms in total. The maximum absolute atomic E-state index is 13.1. The van der Waals surface area contributed by atoms with Crippen LogP contribution >= 0.6 is 22.7 Å². The molecular formula is C66H77N23O7S3. The Labute approximate surface area is 581 Å². The summed E-state index contributed by atoms with van der Waals surface area (Å²) in [5, 5.41) is 73.5. The number of carbonyl (C=O) groups is 1.